The number of hydrogen-bond donors (Lipinski definition) is 2. The number of sulfonamides is 1. The van der Waals surface area contributed by atoms with Gasteiger partial charge in [-0.15, -0.1) is 0 Å². The molecule has 1 aromatic rings. The lowest BCUT2D eigenvalue weighted by Crippen LogP contribution is -2.52. The van der Waals surface area contributed by atoms with Gasteiger partial charge in [0, 0.05) is 13.7 Å². The fourth-order valence-corrected chi connectivity index (χ4v) is 3.43. The molecule has 1 aliphatic heterocycles. The van der Waals surface area contributed by atoms with Crippen molar-refractivity contribution in [1.82, 2.24) is 10.0 Å². The van der Waals surface area contributed by atoms with Crippen molar-refractivity contribution in [2.75, 3.05) is 26.8 Å². The van der Waals surface area contributed by atoms with Crippen molar-refractivity contribution in [3.05, 3.63) is 17.9 Å². The van der Waals surface area contributed by atoms with Gasteiger partial charge < -0.3 is 14.5 Å². The standard InChI is InChI=1S/C12H20N2O4S/c1-10-4-5-11(18-10)19(15,16)14-8-12(9-17-2)6-3-7-13-12/h4-5,13-14H,3,6-9H2,1-2H3. The van der Waals surface area contributed by atoms with Gasteiger partial charge in [-0.1, -0.05) is 0 Å². The summed E-state index contributed by atoms with van der Waals surface area (Å²) in [7, 11) is -1.98. The van der Waals surface area contributed by atoms with E-state index in [0.29, 0.717) is 18.9 Å². The molecule has 0 spiro atoms. The molecule has 1 aliphatic rings. The van der Waals surface area contributed by atoms with Gasteiger partial charge in [0.05, 0.1) is 12.1 Å². The molecule has 0 aromatic carbocycles. The molecule has 0 saturated carbocycles. The van der Waals surface area contributed by atoms with Crippen LogP contribution in [0.15, 0.2) is 21.6 Å². The molecule has 0 amide bonds. The van der Waals surface area contributed by atoms with Crippen LogP contribution in [0.2, 0.25) is 0 Å². The third-order valence-corrected chi connectivity index (χ3v) is 4.61. The van der Waals surface area contributed by atoms with E-state index in [1.807, 2.05) is 0 Å². The number of methoxy groups -OCH3 is 1. The molecule has 1 saturated heterocycles. The maximum absolute atomic E-state index is 12.1. The van der Waals surface area contributed by atoms with Gasteiger partial charge >= 0.3 is 0 Å². The van der Waals surface area contributed by atoms with Crippen molar-refractivity contribution in [2.45, 2.75) is 30.4 Å². The molecule has 1 unspecified atom stereocenters. The lowest BCUT2D eigenvalue weighted by molar-refractivity contribution is 0.122. The second-order valence-electron chi connectivity index (χ2n) is 4.93. The molecule has 1 atom stereocenters. The molecule has 108 valence electrons. The summed E-state index contributed by atoms with van der Waals surface area (Å²) in [6, 6.07) is 3.09. The van der Waals surface area contributed by atoms with Crippen molar-refractivity contribution in [1.29, 1.82) is 0 Å². The lowest BCUT2D eigenvalue weighted by atomic mass is 9.99. The highest BCUT2D eigenvalue weighted by molar-refractivity contribution is 7.89. The van der Waals surface area contributed by atoms with Crippen LogP contribution in [0.1, 0.15) is 18.6 Å². The van der Waals surface area contributed by atoms with Crippen molar-refractivity contribution in [3.63, 3.8) is 0 Å². The number of rotatable bonds is 6. The first kappa shape index (κ1) is 14.5. The third kappa shape index (κ3) is 3.36. The molecule has 19 heavy (non-hydrogen) atoms. The molecule has 7 heteroatoms. The highest BCUT2D eigenvalue weighted by atomic mass is 32.2. The SMILES string of the molecule is COCC1(CNS(=O)(=O)c2ccc(C)o2)CCCN1. The molecule has 2 heterocycles. The maximum Gasteiger partial charge on any atom is 0.274 e. The van der Waals surface area contributed by atoms with E-state index in [1.54, 1.807) is 20.1 Å². The van der Waals surface area contributed by atoms with E-state index in [1.165, 1.54) is 6.07 Å². The molecular formula is C12H20N2O4S. The maximum atomic E-state index is 12.1. The van der Waals surface area contributed by atoms with Crippen molar-refractivity contribution in [3.8, 4) is 0 Å². The summed E-state index contributed by atoms with van der Waals surface area (Å²) in [4.78, 5) is 0. The second kappa shape index (κ2) is 5.62. The highest BCUT2D eigenvalue weighted by Crippen LogP contribution is 2.20. The first-order chi connectivity index (χ1) is 8.97. The van der Waals surface area contributed by atoms with Crippen LogP contribution >= 0.6 is 0 Å². The fourth-order valence-electron chi connectivity index (χ4n) is 2.33. The number of nitrogens with one attached hydrogen (secondary N) is 2. The molecule has 2 rings (SSSR count). The van der Waals surface area contributed by atoms with Gasteiger partial charge in [0.25, 0.3) is 10.0 Å². The summed E-state index contributed by atoms with van der Waals surface area (Å²) in [5.41, 5.74) is -0.316. The van der Waals surface area contributed by atoms with E-state index < -0.39 is 10.0 Å². The minimum Gasteiger partial charge on any atom is -0.449 e. The van der Waals surface area contributed by atoms with Gasteiger partial charge in [0.1, 0.15) is 5.76 Å². The molecule has 0 bridgehead atoms. The Kier molecular flexibility index (Phi) is 4.29. The highest BCUT2D eigenvalue weighted by Gasteiger charge is 2.35. The smallest absolute Gasteiger partial charge is 0.274 e. The number of furan rings is 1. The van der Waals surface area contributed by atoms with Crippen LogP contribution < -0.4 is 10.0 Å². The first-order valence-corrected chi connectivity index (χ1v) is 7.76. The zero-order valence-corrected chi connectivity index (χ0v) is 12.0. The van der Waals surface area contributed by atoms with Crippen molar-refractivity contribution < 1.29 is 17.6 Å². The van der Waals surface area contributed by atoms with Crippen LogP contribution in [0.25, 0.3) is 0 Å². The Labute approximate surface area is 113 Å². The van der Waals surface area contributed by atoms with Gasteiger partial charge in [-0.25, -0.2) is 13.1 Å². The van der Waals surface area contributed by atoms with Crippen LogP contribution in [0.4, 0.5) is 0 Å². The predicted octanol–water partition coefficient (Wildman–Crippen LogP) is 0.635. The average Bonchev–Trinajstić information content (AvgIpc) is 2.98. The van der Waals surface area contributed by atoms with E-state index in [2.05, 4.69) is 10.0 Å². The van der Waals surface area contributed by atoms with Crippen LogP contribution in [0, 0.1) is 6.92 Å². The molecule has 1 aromatic heterocycles. The summed E-state index contributed by atoms with van der Waals surface area (Å²) in [5.74, 6) is 0.575. The Morgan fingerprint density at radius 2 is 2.32 bits per heavy atom. The first-order valence-electron chi connectivity index (χ1n) is 6.28. The summed E-state index contributed by atoms with van der Waals surface area (Å²) in [6.07, 6.45) is 1.91. The van der Waals surface area contributed by atoms with Crippen molar-refractivity contribution >= 4 is 10.0 Å². The van der Waals surface area contributed by atoms with Gasteiger partial charge in [0.2, 0.25) is 5.09 Å². The predicted molar refractivity (Wildman–Crippen MR) is 70.5 cm³/mol. The van der Waals surface area contributed by atoms with Crippen LogP contribution in [-0.2, 0) is 14.8 Å². The van der Waals surface area contributed by atoms with Crippen LogP contribution in [-0.4, -0.2) is 40.8 Å². The van der Waals surface area contributed by atoms with E-state index in [-0.39, 0.29) is 10.6 Å². The van der Waals surface area contributed by atoms with Gasteiger partial charge in [0.15, 0.2) is 0 Å². The van der Waals surface area contributed by atoms with Crippen LogP contribution in [0.5, 0.6) is 0 Å². The zero-order valence-electron chi connectivity index (χ0n) is 11.2. The summed E-state index contributed by atoms with van der Waals surface area (Å²) in [6.45, 7) is 3.37. The Morgan fingerprint density at radius 3 is 2.84 bits per heavy atom. The average molecular weight is 288 g/mol. The zero-order chi connectivity index (χ0) is 13.9. The van der Waals surface area contributed by atoms with Crippen LogP contribution in [0.3, 0.4) is 0 Å². The van der Waals surface area contributed by atoms with Gasteiger partial charge in [-0.05, 0) is 38.4 Å². The molecule has 0 aliphatic carbocycles. The Bertz CT molecular complexity index is 518. The largest absolute Gasteiger partial charge is 0.449 e. The third-order valence-electron chi connectivity index (χ3n) is 3.33. The lowest BCUT2D eigenvalue weighted by Gasteiger charge is -2.28. The molecule has 0 radical (unpaired) electrons. The molecule has 2 N–H and O–H groups in total. The Morgan fingerprint density at radius 1 is 1.53 bits per heavy atom. The Balaban J connectivity index is 2.04. The molecule has 1 fully saturated rings. The van der Waals surface area contributed by atoms with E-state index in [0.717, 1.165) is 19.4 Å². The van der Waals surface area contributed by atoms with E-state index in [4.69, 9.17) is 9.15 Å². The molecule has 6 nitrogen and oxygen atoms in total. The summed E-state index contributed by atoms with van der Waals surface area (Å²) < 4.78 is 37.1. The topological polar surface area (TPSA) is 80.6 Å². The van der Waals surface area contributed by atoms with E-state index >= 15 is 0 Å². The summed E-state index contributed by atoms with van der Waals surface area (Å²) >= 11 is 0. The minimum atomic E-state index is -3.60. The number of aryl methyl sites for hydroxylation is 1. The van der Waals surface area contributed by atoms with Gasteiger partial charge in [-0.3, -0.25) is 0 Å². The quantitative estimate of drug-likeness (QED) is 0.802. The van der Waals surface area contributed by atoms with Gasteiger partial charge in [-0.2, -0.15) is 0 Å². The minimum absolute atomic E-state index is 0.0458. The second-order valence-corrected chi connectivity index (χ2v) is 6.63. The Hall–Kier alpha value is -0.890. The fraction of sp³-hybridized carbons (Fsp3) is 0.667. The number of ether oxygens (including phenoxy) is 1. The summed E-state index contributed by atoms with van der Waals surface area (Å²) in [5, 5.41) is 3.27. The normalized spacial score (nSPS) is 23.9. The van der Waals surface area contributed by atoms with Crippen molar-refractivity contribution in [2.24, 2.45) is 0 Å². The monoisotopic (exact) mass is 288 g/mol. The molecular weight excluding hydrogens is 268 g/mol. The number of hydrogen-bond acceptors (Lipinski definition) is 5. The van der Waals surface area contributed by atoms with E-state index in [9.17, 15) is 8.42 Å².